The number of carbonyl (C=O) groups excluding carboxylic acids is 2. The number of aromatic nitrogens is 2. The number of aryl methyl sites for hydroxylation is 1. The average molecular weight is 751 g/mol. The number of Topliss-reactive ketones (excluding diaryl/α,β-unsaturated/α-hetero) is 1. The second-order valence-corrected chi connectivity index (χ2v) is 15.8. The Kier molecular flexibility index (Phi) is 14.4. The van der Waals surface area contributed by atoms with E-state index in [9.17, 15) is 27.7 Å². The van der Waals surface area contributed by atoms with Crippen LogP contribution in [0.15, 0.2) is 108 Å². The number of nitrogens with one attached hydrogen (secondary N) is 1. The summed E-state index contributed by atoms with van der Waals surface area (Å²) in [7, 11) is -4.31. The van der Waals surface area contributed by atoms with E-state index in [0.717, 1.165) is 59.1 Å². The Morgan fingerprint density at radius 3 is 2.25 bits per heavy atom. The van der Waals surface area contributed by atoms with E-state index in [2.05, 4.69) is 54.7 Å². The Morgan fingerprint density at radius 2 is 1.58 bits per heavy atom. The number of pyridine rings is 2. The topological polar surface area (TPSA) is 146 Å². The standard InChI is InChI=1S/C40H48N4O6S.K/c1-39(2)32-18-13-26-43(25-11-5-6-21-35(45)46)38(32)42-33(39)19-9-7-15-29-22-23-30(36(29)47)16-8-10-20-34-40(3,4)31-17-12-24-41-37(31)44(34)27-14-28-51(48,49)50;/h7-10,12-13,15-20,24,26H,5-6,11,14,21-23,25,27-28H2,1-4H3,(H2,45,46,48,49,50);/q;+1/p-1/b9-7+,10-8+,29-15+,30-16+,33-19+,34-20+;. The number of carboxylic acids is 1. The summed E-state index contributed by atoms with van der Waals surface area (Å²) < 4.78 is 35.9. The Bertz CT molecular complexity index is 1970. The van der Waals surface area contributed by atoms with Gasteiger partial charge < -0.3 is 19.4 Å². The molecular weight excluding hydrogens is 704 g/mol. The fourth-order valence-electron chi connectivity index (χ4n) is 7.06. The monoisotopic (exact) mass is 750 g/mol. The van der Waals surface area contributed by atoms with Gasteiger partial charge in [0.25, 0.3) is 5.82 Å². The third-order valence-electron chi connectivity index (χ3n) is 9.95. The molecule has 1 N–H and O–H groups in total. The van der Waals surface area contributed by atoms with Crippen molar-refractivity contribution < 1.29 is 83.6 Å². The smallest absolute Gasteiger partial charge is 0.748 e. The molecule has 0 saturated heterocycles. The summed E-state index contributed by atoms with van der Waals surface area (Å²) in [6.45, 7) is 9.67. The minimum atomic E-state index is -4.31. The van der Waals surface area contributed by atoms with Crippen molar-refractivity contribution in [1.82, 2.24) is 4.98 Å². The molecule has 0 unspecified atom stereocenters. The van der Waals surface area contributed by atoms with Gasteiger partial charge in [0.05, 0.1) is 33.8 Å². The average Bonchev–Trinajstić information content (AvgIpc) is 3.62. The molecule has 0 radical (unpaired) electrons. The molecule has 52 heavy (non-hydrogen) atoms. The maximum Gasteiger partial charge on any atom is 1.00 e. The number of fused-ring (bicyclic) bond motifs is 2. The molecule has 10 nitrogen and oxygen atoms in total. The van der Waals surface area contributed by atoms with Gasteiger partial charge in [-0.05, 0) is 89.1 Å². The van der Waals surface area contributed by atoms with Gasteiger partial charge in [-0.1, -0.05) is 56.4 Å². The van der Waals surface area contributed by atoms with Crippen molar-refractivity contribution in [3.63, 3.8) is 0 Å². The SMILES string of the molecule is CC1(C)\C(=C/C=C/C=C2\CC\C(=C/C=C/C=C3/Nc4c(ccc[n+]4CCCCCC(=O)[O-])C3(C)C)C2=O)N(CCCS(=O)(=O)[O-])c2ncccc21.[K+]. The van der Waals surface area contributed by atoms with E-state index in [1.165, 1.54) is 5.56 Å². The molecule has 0 atom stereocenters. The number of ketones is 1. The van der Waals surface area contributed by atoms with Crippen LogP contribution in [-0.2, 0) is 37.1 Å². The molecule has 1 fully saturated rings. The first-order chi connectivity index (χ1) is 24.2. The van der Waals surface area contributed by atoms with Gasteiger partial charge in [-0.15, -0.1) is 0 Å². The molecule has 2 aromatic rings. The Balaban J connectivity index is 0.00000605. The van der Waals surface area contributed by atoms with Crippen LogP contribution in [0.25, 0.3) is 0 Å². The van der Waals surface area contributed by atoms with Gasteiger partial charge in [-0.3, -0.25) is 4.79 Å². The van der Waals surface area contributed by atoms with Crippen LogP contribution in [0.4, 0.5) is 11.6 Å². The Labute approximate surface area is 350 Å². The zero-order valence-electron chi connectivity index (χ0n) is 30.9. The summed E-state index contributed by atoms with van der Waals surface area (Å²) in [4.78, 5) is 30.4. The molecule has 1 aliphatic carbocycles. The van der Waals surface area contributed by atoms with E-state index < -0.39 is 21.8 Å². The van der Waals surface area contributed by atoms with Crippen molar-refractivity contribution in [2.45, 2.75) is 90.0 Å². The third-order valence-corrected chi connectivity index (χ3v) is 10.7. The largest absolute Gasteiger partial charge is 1.00 e. The molecule has 12 heteroatoms. The summed E-state index contributed by atoms with van der Waals surface area (Å²) >= 11 is 0. The van der Waals surface area contributed by atoms with E-state index in [0.29, 0.717) is 25.8 Å². The van der Waals surface area contributed by atoms with Crippen LogP contribution in [0.3, 0.4) is 0 Å². The van der Waals surface area contributed by atoms with Crippen LogP contribution in [-0.4, -0.2) is 42.0 Å². The molecule has 0 bridgehead atoms. The number of rotatable bonds is 14. The first kappa shape index (κ1) is 41.8. The number of aliphatic carboxylic acids is 1. The minimum Gasteiger partial charge on any atom is -0.748 e. The number of hydrogen-bond acceptors (Lipinski definition) is 9. The zero-order valence-corrected chi connectivity index (χ0v) is 34.8. The van der Waals surface area contributed by atoms with Gasteiger partial charge in [-0.2, -0.15) is 0 Å². The second kappa shape index (κ2) is 17.9. The molecule has 4 heterocycles. The normalized spacial score (nSPS) is 20.7. The number of carbonyl (C=O) groups is 2. The van der Waals surface area contributed by atoms with E-state index in [1.807, 2.05) is 71.8 Å². The second-order valence-electron chi connectivity index (χ2n) is 14.3. The minimum absolute atomic E-state index is 0. The zero-order chi connectivity index (χ0) is 36.8. The number of carboxylic acid groups (broad SMARTS) is 1. The van der Waals surface area contributed by atoms with E-state index >= 15 is 0 Å². The fourth-order valence-corrected chi connectivity index (χ4v) is 7.55. The summed E-state index contributed by atoms with van der Waals surface area (Å²) in [5, 5.41) is 14.3. The summed E-state index contributed by atoms with van der Waals surface area (Å²) in [5.74, 6) is 0.403. The predicted molar refractivity (Wildman–Crippen MR) is 195 cm³/mol. The van der Waals surface area contributed by atoms with Crippen LogP contribution in [0, 0.1) is 0 Å². The Hall–Kier alpha value is -2.97. The van der Waals surface area contributed by atoms with Crippen LogP contribution in [0.5, 0.6) is 0 Å². The van der Waals surface area contributed by atoms with Gasteiger partial charge in [-0.25, -0.2) is 23.3 Å². The molecule has 3 aliphatic rings. The maximum atomic E-state index is 13.2. The quantitative estimate of drug-likeness (QED) is 0.101. The summed E-state index contributed by atoms with van der Waals surface area (Å²) in [6, 6.07) is 8.07. The first-order valence-corrected chi connectivity index (χ1v) is 19.1. The molecular formula is C40H47KN4O6S. The molecule has 5 rings (SSSR count). The van der Waals surface area contributed by atoms with Crippen LogP contribution in [0.1, 0.15) is 83.8 Å². The van der Waals surface area contributed by atoms with Gasteiger partial charge in [0.2, 0.25) is 0 Å². The van der Waals surface area contributed by atoms with Gasteiger partial charge in [0.1, 0.15) is 11.5 Å². The molecule has 0 aromatic carbocycles. The van der Waals surface area contributed by atoms with Crippen molar-refractivity contribution in [2.24, 2.45) is 0 Å². The van der Waals surface area contributed by atoms with Crippen molar-refractivity contribution >= 4 is 33.5 Å². The van der Waals surface area contributed by atoms with Crippen molar-refractivity contribution in [3.8, 4) is 0 Å². The van der Waals surface area contributed by atoms with Crippen LogP contribution in [0.2, 0.25) is 0 Å². The number of nitrogens with zero attached hydrogens (tertiary/aromatic N) is 3. The fraction of sp³-hybridized carbons (Fsp3) is 0.400. The van der Waals surface area contributed by atoms with Crippen molar-refractivity contribution in [3.05, 3.63) is 119 Å². The predicted octanol–water partition coefficient (Wildman–Crippen LogP) is 2.22. The van der Waals surface area contributed by atoms with E-state index in [4.69, 9.17) is 0 Å². The van der Waals surface area contributed by atoms with Crippen molar-refractivity contribution in [2.75, 3.05) is 22.5 Å². The van der Waals surface area contributed by atoms with Crippen molar-refractivity contribution in [1.29, 1.82) is 0 Å². The molecule has 0 spiro atoms. The van der Waals surface area contributed by atoms with Crippen LogP contribution < -0.4 is 71.3 Å². The third kappa shape index (κ3) is 9.96. The molecule has 0 amide bonds. The molecule has 270 valence electrons. The Morgan fingerprint density at radius 1 is 0.923 bits per heavy atom. The molecule has 2 aliphatic heterocycles. The first-order valence-electron chi connectivity index (χ1n) is 17.6. The van der Waals surface area contributed by atoms with Crippen LogP contribution >= 0.6 is 0 Å². The number of unbranched alkanes of at least 4 members (excludes halogenated alkanes) is 2. The summed E-state index contributed by atoms with van der Waals surface area (Å²) in [5.41, 5.74) is 5.12. The molecule has 1 saturated carbocycles. The van der Waals surface area contributed by atoms with E-state index in [-0.39, 0.29) is 80.8 Å². The van der Waals surface area contributed by atoms with Gasteiger partial charge >= 0.3 is 51.4 Å². The van der Waals surface area contributed by atoms with Gasteiger partial charge in [0, 0.05) is 52.3 Å². The van der Waals surface area contributed by atoms with E-state index in [1.54, 1.807) is 6.20 Å². The number of allylic oxidation sites excluding steroid dienone is 12. The molecule has 2 aromatic heterocycles. The maximum absolute atomic E-state index is 13.2. The number of anilines is 2. The summed E-state index contributed by atoms with van der Waals surface area (Å²) in [6.07, 6.45) is 23.1. The van der Waals surface area contributed by atoms with Gasteiger partial charge in [0.15, 0.2) is 5.78 Å². The number of hydrogen-bond donors (Lipinski definition) is 1.